The lowest BCUT2D eigenvalue weighted by atomic mass is 10.2. The summed E-state index contributed by atoms with van der Waals surface area (Å²) < 4.78 is 10.9. The van der Waals surface area contributed by atoms with Gasteiger partial charge >= 0.3 is 0 Å². The van der Waals surface area contributed by atoms with Crippen LogP contribution in [0.4, 0.5) is 0 Å². The normalized spacial score (nSPS) is 12.9. The van der Waals surface area contributed by atoms with E-state index in [0.29, 0.717) is 17.5 Å². The van der Waals surface area contributed by atoms with E-state index in [1.165, 1.54) is 0 Å². The van der Waals surface area contributed by atoms with Gasteiger partial charge in [-0.25, -0.2) is 4.98 Å². The second-order valence-electron chi connectivity index (χ2n) is 4.01. The minimum atomic E-state index is -0.749. The highest BCUT2D eigenvalue weighted by molar-refractivity contribution is 7.84. The largest absolute Gasteiger partial charge is 0.344 e. The van der Waals surface area contributed by atoms with E-state index in [1.807, 2.05) is 0 Å². The van der Waals surface area contributed by atoms with Crippen molar-refractivity contribution in [1.82, 2.24) is 15.3 Å². The third kappa shape index (κ3) is 5.66. The summed E-state index contributed by atoms with van der Waals surface area (Å²) in [6.07, 6.45) is 4.91. The number of aromatic amines is 1. The molecule has 0 aliphatic carbocycles. The molecule has 1 heterocycles. The number of unbranched alkanes of at least 4 members (excludes halogenated alkanes) is 1. The average Bonchev–Trinajstić information content (AvgIpc) is 2.62. The van der Waals surface area contributed by atoms with Gasteiger partial charge in [-0.3, -0.25) is 4.21 Å². The van der Waals surface area contributed by atoms with Crippen molar-refractivity contribution in [3.63, 3.8) is 0 Å². The Balaban J connectivity index is 2.37. The van der Waals surface area contributed by atoms with Gasteiger partial charge in [0, 0.05) is 42.3 Å². The molecule has 0 fully saturated rings. The zero-order valence-corrected chi connectivity index (χ0v) is 12.0. The van der Waals surface area contributed by atoms with E-state index in [4.69, 9.17) is 11.6 Å². The summed E-state index contributed by atoms with van der Waals surface area (Å²) >= 11 is 6.02. The van der Waals surface area contributed by atoms with Crippen LogP contribution >= 0.6 is 11.6 Å². The molecule has 4 nitrogen and oxygen atoms in total. The zero-order chi connectivity index (χ0) is 12.7. The lowest BCUT2D eigenvalue weighted by Crippen LogP contribution is -2.20. The maximum Gasteiger partial charge on any atom is 0.151 e. The smallest absolute Gasteiger partial charge is 0.151 e. The first-order chi connectivity index (χ1) is 8.13. The van der Waals surface area contributed by atoms with Gasteiger partial charge < -0.3 is 10.3 Å². The highest BCUT2D eigenvalue weighted by atomic mass is 35.5. The Morgan fingerprint density at radius 2 is 2.29 bits per heavy atom. The van der Waals surface area contributed by atoms with E-state index in [-0.39, 0.29) is 0 Å². The van der Waals surface area contributed by atoms with Crippen molar-refractivity contribution in [2.45, 2.75) is 32.7 Å². The minimum absolute atomic E-state index is 0.543. The van der Waals surface area contributed by atoms with Crippen LogP contribution in [0.5, 0.6) is 0 Å². The predicted octanol–water partition coefficient (Wildman–Crippen LogP) is 1.87. The molecule has 0 spiro atoms. The topological polar surface area (TPSA) is 57.8 Å². The quantitative estimate of drug-likeness (QED) is 0.714. The third-order valence-corrected chi connectivity index (χ3v) is 3.50. The van der Waals surface area contributed by atoms with Crippen LogP contribution in [-0.4, -0.2) is 32.7 Å². The Bertz CT molecular complexity index is 368. The van der Waals surface area contributed by atoms with Gasteiger partial charge in [-0.05, 0) is 6.42 Å². The number of aryl methyl sites for hydroxylation is 1. The van der Waals surface area contributed by atoms with E-state index in [2.05, 4.69) is 22.2 Å². The summed E-state index contributed by atoms with van der Waals surface area (Å²) in [5.41, 5.74) is 0.916. The molecule has 0 aliphatic rings. The second kappa shape index (κ2) is 7.84. The number of hydrogen-bond acceptors (Lipinski definition) is 3. The summed E-state index contributed by atoms with van der Waals surface area (Å²) in [4.78, 5) is 7.49. The van der Waals surface area contributed by atoms with Crippen molar-refractivity contribution in [2.75, 3.05) is 18.6 Å². The third-order valence-electron chi connectivity index (χ3n) is 2.41. The fourth-order valence-electron chi connectivity index (χ4n) is 1.45. The number of nitrogens with one attached hydrogen (secondary N) is 2. The van der Waals surface area contributed by atoms with Crippen LogP contribution in [0.3, 0.4) is 0 Å². The van der Waals surface area contributed by atoms with E-state index in [0.717, 1.165) is 37.3 Å². The molecule has 6 heteroatoms. The Morgan fingerprint density at radius 1 is 1.53 bits per heavy atom. The first kappa shape index (κ1) is 14.7. The summed E-state index contributed by atoms with van der Waals surface area (Å²) in [7, 11) is -0.749. The molecule has 1 aromatic heterocycles. The number of halogens is 1. The van der Waals surface area contributed by atoms with Crippen LogP contribution in [0, 0.1) is 0 Å². The number of rotatable bonds is 8. The first-order valence-corrected chi connectivity index (χ1v) is 7.98. The molecule has 1 aromatic rings. The molecule has 0 bridgehead atoms. The molecule has 1 rings (SSSR count). The lowest BCUT2D eigenvalue weighted by Gasteiger charge is -2.01. The van der Waals surface area contributed by atoms with Gasteiger partial charge in [0.2, 0.25) is 0 Å². The molecule has 1 atom stereocenters. The number of nitrogens with zero attached hydrogens (tertiary/aromatic N) is 1. The Labute approximate surface area is 110 Å². The molecular weight excluding hydrogens is 258 g/mol. The molecule has 0 radical (unpaired) electrons. The van der Waals surface area contributed by atoms with Crippen LogP contribution in [0.15, 0.2) is 0 Å². The predicted molar refractivity (Wildman–Crippen MR) is 72.8 cm³/mol. The molecule has 0 aromatic carbocycles. The maximum absolute atomic E-state index is 10.9. The molecule has 17 heavy (non-hydrogen) atoms. The van der Waals surface area contributed by atoms with E-state index in [9.17, 15) is 4.21 Å². The molecule has 98 valence electrons. The molecule has 2 N–H and O–H groups in total. The Morgan fingerprint density at radius 3 is 2.94 bits per heavy atom. The van der Waals surface area contributed by atoms with Crippen LogP contribution in [-0.2, 0) is 23.8 Å². The van der Waals surface area contributed by atoms with E-state index >= 15 is 0 Å². The fraction of sp³-hybridized carbons (Fsp3) is 0.727. The van der Waals surface area contributed by atoms with Crippen molar-refractivity contribution in [3.8, 4) is 0 Å². The van der Waals surface area contributed by atoms with Crippen LogP contribution in [0.1, 0.15) is 31.3 Å². The van der Waals surface area contributed by atoms with E-state index in [1.54, 1.807) is 6.26 Å². The standard InChI is InChI=1S/C11H20ClN3OS/c1-3-4-5-10-14-9(11(12)15-10)8-13-6-7-17(2)16/h13H,3-8H2,1-2H3,(H,14,15). The summed E-state index contributed by atoms with van der Waals surface area (Å²) in [6, 6.07) is 0. The average molecular weight is 278 g/mol. The van der Waals surface area contributed by atoms with Crippen molar-refractivity contribution in [2.24, 2.45) is 0 Å². The van der Waals surface area contributed by atoms with Crippen LogP contribution in [0.2, 0.25) is 5.15 Å². The minimum Gasteiger partial charge on any atom is -0.344 e. The molecule has 0 saturated heterocycles. The van der Waals surface area contributed by atoms with Gasteiger partial charge in [0.05, 0.1) is 5.69 Å². The number of imidazole rings is 1. The summed E-state index contributed by atoms with van der Waals surface area (Å²) in [5.74, 6) is 1.61. The maximum atomic E-state index is 10.9. The van der Waals surface area contributed by atoms with Gasteiger partial charge in [-0.1, -0.05) is 24.9 Å². The molecule has 0 saturated carbocycles. The second-order valence-corrected chi connectivity index (χ2v) is 5.92. The summed E-state index contributed by atoms with van der Waals surface area (Å²) in [5, 5.41) is 3.74. The van der Waals surface area contributed by atoms with Gasteiger partial charge in [0.25, 0.3) is 0 Å². The lowest BCUT2D eigenvalue weighted by molar-refractivity contribution is 0.673. The number of aromatic nitrogens is 2. The molecule has 0 aliphatic heterocycles. The zero-order valence-electron chi connectivity index (χ0n) is 10.4. The van der Waals surface area contributed by atoms with E-state index < -0.39 is 10.8 Å². The van der Waals surface area contributed by atoms with Crippen LogP contribution < -0.4 is 5.32 Å². The van der Waals surface area contributed by atoms with Crippen LogP contribution in [0.25, 0.3) is 0 Å². The first-order valence-electron chi connectivity index (χ1n) is 5.87. The van der Waals surface area contributed by atoms with Crippen molar-refractivity contribution in [1.29, 1.82) is 0 Å². The number of hydrogen-bond donors (Lipinski definition) is 2. The molecular formula is C11H20ClN3OS. The van der Waals surface area contributed by atoms with Crippen molar-refractivity contribution in [3.05, 3.63) is 16.7 Å². The molecule has 0 amide bonds. The monoisotopic (exact) mass is 277 g/mol. The highest BCUT2D eigenvalue weighted by Crippen LogP contribution is 2.13. The Kier molecular flexibility index (Phi) is 6.77. The fourth-order valence-corrected chi connectivity index (χ4v) is 2.10. The Hall–Kier alpha value is -0.390. The van der Waals surface area contributed by atoms with Gasteiger partial charge in [0.1, 0.15) is 5.82 Å². The number of H-pyrrole nitrogens is 1. The van der Waals surface area contributed by atoms with Crippen molar-refractivity contribution < 1.29 is 4.21 Å². The SMILES string of the molecule is CCCCc1nc(Cl)c(CNCCS(C)=O)[nH]1. The van der Waals surface area contributed by atoms with Gasteiger partial charge in [0.15, 0.2) is 5.15 Å². The summed E-state index contributed by atoms with van der Waals surface area (Å²) in [6.45, 7) is 3.52. The van der Waals surface area contributed by atoms with Gasteiger partial charge in [-0.15, -0.1) is 0 Å². The highest BCUT2D eigenvalue weighted by Gasteiger charge is 2.07. The van der Waals surface area contributed by atoms with Crippen molar-refractivity contribution >= 4 is 22.4 Å². The molecule has 1 unspecified atom stereocenters. The van der Waals surface area contributed by atoms with Gasteiger partial charge in [-0.2, -0.15) is 0 Å².